The minimum absolute atomic E-state index is 0.249. The van der Waals surface area contributed by atoms with Gasteiger partial charge in [0.15, 0.2) is 16.6 Å². The molecule has 4 rings (SSSR count). The average molecular weight is 451 g/mol. The normalized spacial score (nSPS) is 11.0. The fraction of sp³-hybridized carbons (Fsp3) is 0.0833. The number of methoxy groups -OCH3 is 1. The highest BCUT2D eigenvalue weighted by Crippen LogP contribution is 2.30. The lowest BCUT2D eigenvalue weighted by atomic mass is 10.2. The molecule has 5 nitrogen and oxygen atoms in total. The van der Waals surface area contributed by atoms with Crippen LogP contribution in [0.2, 0.25) is 5.02 Å². The second-order valence-corrected chi connectivity index (χ2v) is 8.10. The van der Waals surface area contributed by atoms with E-state index >= 15 is 0 Å². The van der Waals surface area contributed by atoms with E-state index in [2.05, 4.69) is 10.3 Å². The van der Waals surface area contributed by atoms with Gasteiger partial charge in [-0.25, -0.2) is 4.98 Å². The molecule has 3 aromatic carbocycles. The Balaban J connectivity index is 1.39. The summed E-state index contributed by atoms with van der Waals surface area (Å²) in [7, 11) is 1.58. The van der Waals surface area contributed by atoms with Crippen LogP contribution in [0.15, 0.2) is 72.8 Å². The van der Waals surface area contributed by atoms with Crippen LogP contribution in [0.5, 0.6) is 11.5 Å². The lowest BCUT2D eigenvalue weighted by Gasteiger charge is -2.11. The Morgan fingerprint density at radius 3 is 2.68 bits per heavy atom. The number of amides is 1. The molecule has 0 radical (unpaired) electrons. The zero-order chi connectivity index (χ0) is 21.6. The first kappa shape index (κ1) is 20.9. The molecule has 0 unspecified atom stereocenters. The van der Waals surface area contributed by atoms with Crippen LogP contribution in [0, 0.1) is 0 Å². The molecule has 0 spiro atoms. The Morgan fingerprint density at radius 2 is 1.90 bits per heavy atom. The van der Waals surface area contributed by atoms with Gasteiger partial charge in [-0.1, -0.05) is 53.3 Å². The van der Waals surface area contributed by atoms with Gasteiger partial charge in [-0.05, 0) is 53.6 Å². The summed E-state index contributed by atoms with van der Waals surface area (Å²) in [6.07, 6.45) is 3.18. The third-order valence-electron chi connectivity index (χ3n) is 4.45. The molecule has 31 heavy (non-hydrogen) atoms. The average Bonchev–Trinajstić information content (AvgIpc) is 3.19. The second kappa shape index (κ2) is 9.64. The summed E-state index contributed by atoms with van der Waals surface area (Å²) in [5, 5.41) is 4.05. The highest BCUT2D eigenvalue weighted by atomic mass is 35.5. The molecule has 156 valence electrons. The van der Waals surface area contributed by atoms with E-state index in [0.29, 0.717) is 28.3 Å². The summed E-state index contributed by atoms with van der Waals surface area (Å²) < 4.78 is 12.3. The molecule has 0 saturated carbocycles. The lowest BCUT2D eigenvalue weighted by molar-refractivity contribution is -0.111. The van der Waals surface area contributed by atoms with Gasteiger partial charge < -0.3 is 9.47 Å². The summed E-state index contributed by atoms with van der Waals surface area (Å²) in [5.41, 5.74) is 2.68. The molecule has 7 heteroatoms. The van der Waals surface area contributed by atoms with E-state index in [-0.39, 0.29) is 5.91 Å². The first-order chi connectivity index (χ1) is 15.1. The maximum atomic E-state index is 12.3. The van der Waals surface area contributed by atoms with E-state index in [1.54, 1.807) is 13.2 Å². The predicted octanol–water partition coefficient (Wildman–Crippen LogP) is 6.19. The number of halogens is 1. The van der Waals surface area contributed by atoms with Gasteiger partial charge in [0.25, 0.3) is 0 Å². The standard InChI is InChI=1S/C24H19ClN2O3S/c1-29-21-14-16(8-12-20(21)30-15-17-6-10-18(25)11-7-17)9-13-23(28)27-24-26-19-4-2-3-5-22(19)31-24/h2-14H,15H2,1H3,(H,26,27,28)/b13-9-. The molecule has 1 aromatic heterocycles. The third kappa shape index (κ3) is 5.42. The van der Waals surface area contributed by atoms with Crippen molar-refractivity contribution in [2.24, 2.45) is 0 Å². The van der Waals surface area contributed by atoms with Crippen molar-refractivity contribution in [3.63, 3.8) is 0 Å². The summed E-state index contributed by atoms with van der Waals surface area (Å²) in [5.74, 6) is 0.956. The van der Waals surface area contributed by atoms with Crippen molar-refractivity contribution in [3.05, 3.63) is 89.0 Å². The van der Waals surface area contributed by atoms with E-state index in [9.17, 15) is 4.79 Å². The summed E-state index contributed by atoms with van der Waals surface area (Å²) in [6, 6.07) is 20.7. The van der Waals surface area contributed by atoms with Gasteiger partial charge in [0.2, 0.25) is 5.91 Å². The molecule has 1 heterocycles. The van der Waals surface area contributed by atoms with Crippen LogP contribution < -0.4 is 14.8 Å². The van der Waals surface area contributed by atoms with Crippen molar-refractivity contribution in [3.8, 4) is 11.5 Å². The van der Waals surface area contributed by atoms with Crippen LogP contribution >= 0.6 is 22.9 Å². The monoisotopic (exact) mass is 450 g/mol. The molecule has 0 fully saturated rings. The van der Waals surface area contributed by atoms with E-state index in [4.69, 9.17) is 21.1 Å². The van der Waals surface area contributed by atoms with Crippen molar-refractivity contribution in [2.45, 2.75) is 6.61 Å². The van der Waals surface area contributed by atoms with Crippen molar-refractivity contribution < 1.29 is 14.3 Å². The zero-order valence-electron chi connectivity index (χ0n) is 16.7. The van der Waals surface area contributed by atoms with Crippen LogP contribution in [0.1, 0.15) is 11.1 Å². The highest BCUT2D eigenvalue weighted by Gasteiger charge is 2.07. The number of rotatable bonds is 7. The van der Waals surface area contributed by atoms with Crippen LogP contribution in [0.4, 0.5) is 5.13 Å². The number of benzene rings is 3. The molecule has 0 aliphatic carbocycles. The number of anilines is 1. The number of carbonyl (C=O) groups excluding carboxylic acids is 1. The smallest absolute Gasteiger partial charge is 0.250 e. The number of aromatic nitrogens is 1. The Kier molecular flexibility index (Phi) is 6.50. The maximum Gasteiger partial charge on any atom is 0.250 e. The molecular formula is C24H19ClN2O3S. The van der Waals surface area contributed by atoms with E-state index in [1.165, 1.54) is 17.4 Å². The number of nitrogens with one attached hydrogen (secondary N) is 1. The van der Waals surface area contributed by atoms with Crippen LogP contribution in [-0.2, 0) is 11.4 Å². The molecular weight excluding hydrogens is 432 g/mol. The van der Waals surface area contributed by atoms with Crippen molar-refractivity contribution in [1.82, 2.24) is 4.98 Å². The van der Waals surface area contributed by atoms with Crippen LogP contribution in [0.3, 0.4) is 0 Å². The minimum atomic E-state index is -0.249. The number of carbonyl (C=O) groups is 1. The molecule has 0 saturated heterocycles. The van der Waals surface area contributed by atoms with Crippen molar-refractivity contribution in [2.75, 3.05) is 12.4 Å². The molecule has 0 bridgehead atoms. The van der Waals surface area contributed by atoms with Crippen molar-refractivity contribution >= 4 is 50.3 Å². The van der Waals surface area contributed by atoms with Crippen LogP contribution in [-0.4, -0.2) is 18.0 Å². The Labute approximate surface area is 188 Å². The van der Waals surface area contributed by atoms with E-state index in [0.717, 1.165) is 21.3 Å². The summed E-state index contributed by atoms with van der Waals surface area (Å²) in [6.45, 7) is 0.396. The van der Waals surface area contributed by atoms with Gasteiger partial charge in [-0.3, -0.25) is 10.1 Å². The molecule has 0 aliphatic heterocycles. The van der Waals surface area contributed by atoms with Gasteiger partial charge in [0, 0.05) is 11.1 Å². The zero-order valence-corrected chi connectivity index (χ0v) is 18.2. The lowest BCUT2D eigenvalue weighted by Crippen LogP contribution is -2.07. The van der Waals surface area contributed by atoms with Gasteiger partial charge in [-0.2, -0.15) is 0 Å². The second-order valence-electron chi connectivity index (χ2n) is 6.63. The Bertz CT molecular complexity index is 1200. The van der Waals surface area contributed by atoms with Gasteiger partial charge >= 0.3 is 0 Å². The number of hydrogen-bond acceptors (Lipinski definition) is 5. The number of nitrogens with zero attached hydrogens (tertiary/aromatic N) is 1. The third-order valence-corrected chi connectivity index (χ3v) is 5.65. The topological polar surface area (TPSA) is 60.5 Å². The number of ether oxygens (including phenoxy) is 2. The molecule has 4 aromatic rings. The van der Waals surface area contributed by atoms with E-state index < -0.39 is 0 Å². The fourth-order valence-electron chi connectivity index (χ4n) is 2.89. The molecule has 1 N–H and O–H groups in total. The molecule has 1 amide bonds. The number of hydrogen-bond donors (Lipinski definition) is 1. The first-order valence-electron chi connectivity index (χ1n) is 9.50. The maximum absolute atomic E-state index is 12.3. The summed E-state index contributed by atoms with van der Waals surface area (Å²) in [4.78, 5) is 16.7. The SMILES string of the molecule is COc1cc(/C=C\C(=O)Nc2nc3ccccc3s2)ccc1OCc1ccc(Cl)cc1. The quantitative estimate of drug-likeness (QED) is 0.341. The Morgan fingerprint density at radius 1 is 1.10 bits per heavy atom. The number of para-hydroxylation sites is 1. The summed E-state index contributed by atoms with van der Waals surface area (Å²) >= 11 is 7.35. The first-order valence-corrected chi connectivity index (χ1v) is 10.7. The largest absolute Gasteiger partial charge is 0.493 e. The van der Waals surface area contributed by atoms with Crippen molar-refractivity contribution in [1.29, 1.82) is 0 Å². The number of fused-ring (bicyclic) bond motifs is 1. The van der Waals surface area contributed by atoms with Crippen LogP contribution in [0.25, 0.3) is 16.3 Å². The molecule has 0 atom stereocenters. The van der Waals surface area contributed by atoms with Gasteiger partial charge in [0.05, 0.1) is 17.3 Å². The fourth-order valence-corrected chi connectivity index (χ4v) is 3.89. The predicted molar refractivity (Wildman–Crippen MR) is 126 cm³/mol. The Hall–Kier alpha value is -3.35. The molecule has 0 aliphatic rings. The van der Waals surface area contributed by atoms with Gasteiger partial charge in [-0.15, -0.1) is 0 Å². The number of thiazole rings is 1. The minimum Gasteiger partial charge on any atom is -0.493 e. The van der Waals surface area contributed by atoms with E-state index in [1.807, 2.05) is 66.7 Å². The highest BCUT2D eigenvalue weighted by molar-refractivity contribution is 7.22. The van der Waals surface area contributed by atoms with Gasteiger partial charge in [0.1, 0.15) is 6.61 Å².